The van der Waals surface area contributed by atoms with Crippen molar-refractivity contribution in [2.24, 2.45) is 0 Å². The van der Waals surface area contributed by atoms with Crippen LogP contribution in [0.1, 0.15) is 28.4 Å². The van der Waals surface area contributed by atoms with Crippen LogP contribution in [0.15, 0.2) is 48.5 Å². The predicted octanol–water partition coefficient (Wildman–Crippen LogP) is 3.74. The first-order valence-corrected chi connectivity index (χ1v) is 10.1. The highest BCUT2D eigenvalue weighted by atomic mass is 16.5. The lowest BCUT2D eigenvalue weighted by molar-refractivity contribution is -0.131. The number of nitrogens with zero attached hydrogens (tertiary/aromatic N) is 3. The van der Waals surface area contributed by atoms with E-state index in [0.29, 0.717) is 24.4 Å². The van der Waals surface area contributed by atoms with E-state index in [1.807, 2.05) is 4.90 Å². The van der Waals surface area contributed by atoms with Crippen LogP contribution in [0.4, 0.5) is 5.82 Å². The third-order valence-corrected chi connectivity index (χ3v) is 5.49. The number of amides is 1. The first-order chi connectivity index (χ1) is 14.4. The Morgan fingerprint density at radius 3 is 2.30 bits per heavy atom. The van der Waals surface area contributed by atoms with E-state index in [1.165, 1.54) is 23.4 Å². The van der Waals surface area contributed by atoms with Crippen molar-refractivity contribution >= 4 is 28.6 Å². The fraction of sp³-hybridized carbons (Fsp3) is 0.292. The van der Waals surface area contributed by atoms with Crippen molar-refractivity contribution in [1.82, 2.24) is 9.88 Å². The maximum absolute atomic E-state index is 12.8. The smallest absolute Gasteiger partial charge is 0.308 e. The Balaban J connectivity index is 1.45. The minimum Gasteiger partial charge on any atom is -0.427 e. The molecule has 1 aliphatic rings. The first-order valence-electron chi connectivity index (χ1n) is 10.1. The number of esters is 1. The van der Waals surface area contributed by atoms with Crippen molar-refractivity contribution in [2.45, 2.75) is 20.8 Å². The molecule has 3 aromatic rings. The molecule has 0 saturated carbocycles. The largest absolute Gasteiger partial charge is 0.427 e. The van der Waals surface area contributed by atoms with E-state index in [1.54, 1.807) is 24.3 Å². The molecular formula is C24H25N3O3. The van der Waals surface area contributed by atoms with Gasteiger partial charge >= 0.3 is 5.97 Å². The van der Waals surface area contributed by atoms with E-state index in [-0.39, 0.29) is 11.9 Å². The van der Waals surface area contributed by atoms with E-state index in [4.69, 9.17) is 9.72 Å². The number of benzene rings is 2. The minimum atomic E-state index is -0.377. The van der Waals surface area contributed by atoms with Gasteiger partial charge in [0.05, 0.1) is 5.52 Å². The summed E-state index contributed by atoms with van der Waals surface area (Å²) in [6.45, 7) is 8.30. The molecule has 1 saturated heterocycles. The van der Waals surface area contributed by atoms with Gasteiger partial charge in [0.25, 0.3) is 5.91 Å². The fourth-order valence-corrected chi connectivity index (χ4v) is 3.86. The number of aryl methyl sites for hydroxylation is 2. The Kier molecular flexibility index (Phi) is 5.40. The summed E-state index contributed by atoms with van der Waals surface area (Å²) in [6.07, 6.45) is 0. The van der Waals surface area contributed by atoms with E-state index in [2.05, 4.69) is 43.0 Å². The molecule has 30 heavy (non-hydrogen) atoms. The van der Waals surface area contributed by atoms with Gasteiger partial charge in [0, 0.05) is 44.1 Å². The highest BCUT2D eigenvalue weighted by Crippen LogP contribution is 2.25. The number of piperazine rings is 1. The van der Waals surface area contributed by atoms with Gasteiger partial charge in [0.2, 0.25) is 0 Å². The molecule has 2 heterocycles. The van der Waals surface area contributed by atoms with Crippen LogP contribution in [0, 0.1) is 13.8 Å². The van der Waals surface area contributed by atoms with Crippen LogP contribution in [0.25, 0.3) is 10.9 Å². The van der Waals surface area contributed by atoms with Crippen LogP contribution >= 0.6 is 0 Å². The summed E-state index contributed by atoms with van der Waals surface area (Å²) in [6, 6.07) is 15.1. The van der Waals surface area contributed by atoms with E-state index in [9.17, 15) is 9.59 Å². The molecule has 154 valence electrons. The average molecular weight is 403 g/mol. The number of pyridine rings is 1. The zero-order valence-electron chi connectivity index (χ0n) is 17.5. The van der Waals surface area contributed by atoms with Crippen molar-refractivity contribution in [2.75, 3.05) is 31.1 Å². The normalized spacial score (nSPS) is 14.1. The fourth-order valence-electron chi connectivity index (χ4n) is 3.86. The Labute approximate surface area is 176 Å². The third-order valence-electron chi connectivity index (χ3n) is 5.49. The predicted molar refractivity (Wildman–Crippen MR) is 117 cm³/mol. The van der Waals surface area contributed by atoms with Crippen LogP contribution in [-0.2, 0) is 4.79 Å². The Morgan fingerprint density at radius 2 is 1.63 bits per heavy atom. The van der Waals surface area contributed by atoms with Gasteiger partial charge < -0.3 is 14.5 Å². The number of fused-ring (bicyclic) bond motifs is 1. The summed E-state index contributed by atoms with van der Waals surface area (Å²) in [7, 11) is 0. The van der Waals surface area contributed by atoms with Crippen molar-refractivity contribution in [3.63, 3.8) is 0 Å². The molecule has 0 aliphatic carbocycles. The van der Waals surface area contributed by atoms with Crippen LogP contribution in [0.5, 0.6) is 5.75 Å². The second-order valence-corrected chi connectivity index (χ2v) is 7.67. The lowest BCUT2D eigenvalue weighted by Crippen LogP contribution is -2.49. The molecule has 2 aromatic carbocycles. The number of carbonyl (C=O) groups excluding carboxylic acids is 2. The number of hydrogen-bond acceptors (Lipinski definition) is 5. The van der Waals surface area contributed by atoms with Crippen molar-refractivity contribution in [1.29, 1.82) is 0 Å². The van der Waals surface area contributed by atoms with Gasteiger partial charge in [0.15, 0.2) is 0 Å². The van der Waals surface area contributed by atoms with Gasteiger partial charge in [-0.25, -0.2) is 4.98 Å². The van der Waals surface area contributed by atoms with Gasteiger partial charge in [-0.05, 0) is 55.3 Å². The second kappa shape index (κ2) is 8.14. The summed E-state index contributed by atoms with van der Waals surface area (Å²) >= 11 is 0. The van der Waals surface area contributed by atoms with Gasteiger partial charge in [-0.15, -0.1) is 0 Å². The van der Waals surface area contributed by atoms with Crippen LogP contribution in [0.3, 0.4) is 0 Å². The third kappa shape index (κ3) is 3.99. The summed E-state index contributed by atoms with van der Waals surface area (Å²) in [5, 5.41) is 1.18. The van der Waals surface area contributed by atoms with E-state index >= 15 is 0 Å². The van der Waals surface area contributed by atoms with Crippen molar-refractivity contribution in [3.05, 3.63) is 65.2 Å². The maximum Gasteiger partial charge on any atom is 0.308 e. The minimum absolute atomic E-state index is 0.0116. The Morgan fingerprint density at radius 1 is 0.933 bits per heavy atom. The van der Waals surface area contributed by atoms with Gasteiger partial charge in [-0.1, -0.05) is 18.2 Å². The molecule has 1 aromatic heterocycles. The summed E-state index contributed by atoms with van der Waals surface area (Å²) < 4.78 is 5.03. The maximum atomic E-state index is 12.8. The molecule has 1 aliphatic heterocycles. The number of hydrogen-bond donors (Lipinski definition) is 0. The molecule has 0 spiro atoms. The highest BCUT2D eigenvalue weighted by Gasteiger charge is 2.23. The summed E-state index contributed by atoms with van der Waals surface area (Å²) in [5.41, 5.74) is 4.02. The molecule has 0 radical (unpaired) electrons. The topological polar surface area (TPSA) is 62.7 Å². The molecule has 0 N–H and O–H groups in total. The van der Waals surface area contributed by atoms with E-state index in [0.717, 1.165) is 24.4 Å². The van der Waals surface area contributed by atoms with Gasteiger partial charge in [-0.2, -0.15) is 0 Å². The Bertz CT molecular complexity index is 1100. The first kappa shape index (κ1) is 19.9. The highest BCUT2D eigenvalue weighted by molar-refractivity contribution is 5.94. The average Bonchev–Trinajstić information content (AvgIpc) is 2.74. The monoisotopic (exact) mass is 403 g/mol. The van der Waals surface area contributed by atoms with Crippen molar-refractivity contribution in [3.8, 4) is 5.75 Å². The molecular weight excluding hydrogens is 378 g/mol. The number of aromatic nitrogens is 1. The molecule has 6 nitrogen and oxygen atoms in total. The van der Waals surface area contributed by atoms with Gasteiger partial charge in [-0.3, -0.25) is 9.59 Å². The molecule has 1 amide bonds. The molecule has 0 unspecified atom stereocenters. The number of ether oxygens (including phenoxy) is 1. The quantitative estimate of drug-likeness (QED) is 0.492. The number of anilines is 1. The molecule has 6 heteroatoms. The molecule has 1 fully saturated rings. The number of rotatable bonds is 3. The second-order valence-electron chi connectivity index (χ2n) is 7.67. The van der Waals surface area contributed by atoms with Gasteiger partial charge in [0.1, 0.15) is 11.6 Å². The molecule has 0 bridgehead atoms. The number of para-hydroxylation sites is 1. The van der Waals surface area contributed by atoms with Crippen LogP contribution in [-0.4, -0.2) is 47.9 Å². The van der Waals surface area contributed by atoms with E-state index < -0.39 is 0 Å². The molecule has 0 atom stereocenters. The van der Waals surface area contributed by atoms with Crippen LogP contribution in [0.2, 0.25) is 0 Å². The summed E-state index contributed by atoms with van der Waals surface area (Å²) in [4.78, 5) is 32.9. The number of carbonyl (C=O) groups is 2. The SMILES string of the molecule is CC(=O)Oc1ccc(C(=O)N2CCN(c3cc(C)c4cccc(C)c4n3)CC2)cc1. The molecule has 4 rings (SSSR count). The summed E-state index contributed by atoms with van der Waals surface area (Å²) in [5.74, 6) is 1.02. The lowest BCUT2D eigenvalue weighted by Gasteiger charge is -2.35. The zero-order valence-corrected chi connectivity index (χ0v) is 17.5. The van der Waals surface area contributed by atoms with Crippen molar-refractivity contribution < 1.29 is 14.3 Å². The lowest BCUT2D eigenvalue weighted by atomic mass is 10.1. The Hall–Kier alpha value is -3.41. The zero-order chi connectivity index (χ0) is 21.3. The standard InChI is InChI=1S/C24H25N3O3/c1-16-5-4-6-21-17(2)15-22(25-23(16)21)26-11-13-27(14-12-26)24(29)19-7-9-20(10-8-19)30-18(3)28/h4-10,15H,11-14H2,1-3H3. The van der Waals surface area contributed by atoms with Crippen LogP contribution < -0.4 is 9.64 Å².